The van der Waals surface area contributed by atoms with Crippen molar-refractivity contribution in [2.24, 2.45) is 5.41 Å². The van der Waals surface area contributed by atoms with Crippen LogP contribution < -0.4 is 10.6 Å². The van der Waals surface area contributed by atoms with E-state index in [0.29, 0.717) is 13.0 Å². The molecule has 0 saturated carbocycles. The van der Waals surface area contributed by atoms with Crippen molar-refractivity contribution in [2.75, 3.05) is 32.6 Å². The quantitative estimate of drug-likeness (QED) is 0.167. The molecule has 0 aromatic carbocycles. The summed E-state index contributed by atoms with van der Waals surface area (Å²) in [6, 6.07) is -0.305. The summed E-state index contributed by atoms with van der Waals surface area (Å²) in [5.74, 6) is 0.0397. The Morgan fingerprint density at radius 2 is 1.83 bits per heavy atom. The van der Waals surface area contributed by atoms with Crippen molar-refractivity contribution in [3.8, 4) is 0 Å². The number of amides is 2. The van der Waals surface area contributed by atoms with Gasteiger partial charge in [0, 0.05) is 23.6 Å². The van der Waals surface area contributed by atoms with Crippen molar-refractivity contribution >= 4 is 39.0 Å². The molecule has 0 aliphatic carbocycles. The normalized spacial score (nSPS) is 15.8. The van der Waals surface area contributed by atoms with E-state index in [1.807, 2.05) is 6.92 Å². The largest absolute Gasteiger partial charge is 0.469 e. The molecule has 0 heterocycles. The molecule has 0 saturated heterocycles. The van der Waals surface area contributed by atoms with Gasteiger partial charge >= 0.3 is 18.0 Å². The number of hydrogen-bond donors (Lipinski definition) is 2. The molecule has 4 atom stereocenters. The maximum Gasteiger partial charge on any atom is 0.330 e. The number of rotatable bonds is 15. The molecule has 7 nitrogen and oxygen atoms in total. The van der Waals surface area contributed by atoms with Gasteiger partial charge in [0.05, 0.1) is 19.1 Å². The zero-order valence-corrected chi connectivity index (χ0v) is 21.0. The van der Waals surface area contributed by atoms with Crippen molar-refractivity contribution in [1.82, 2.24) is 10.6 Å². The molecular formula is C21H39N2O5PS. The third-order valence-electron chi connectivity index (χ3n) is 5.42. The molecule has 0 rings (SSSR count). The van der Waals surface area contributed by atoms with Gasteiger partial charge in [-0.05, 0) is 31.3 Å². The van der Waals surface area contributed by atoms with Crippen LogP contribution in [0.3, 0.4) is 0 Å². The van der Waals surface area contributed by atoms with Gasteiger partial charge in [0.15, 0.2) is 0 Å². The molecule has 0 spiro atoms. The Morgan fingerprint density at radius 3 is 2.37 bits per heavy atom. The van der Waals surface area contributed by atoms with Gasteiger partial charge in [-0.15, -0.1) is 9.24 Å². The SMILES string of the molecule is C=CC(=O)OCCNC(=O)NCCSC(CCC)CC(C)(C(=O)OC)C(C)(P)CC. The van der Waals surface area contributed by atoms with Gasteiger partial charge in [-0.25, -0.2) is 9.59 Å². The van der Waals surface area contributed by atoms with Crippen molar-refractivity contribution < 1.29 is 23.9 Å². The van der Waals surface area contributed by atoms with Crippen LogP contribution in [0.4, 0.5) is 4.79 Å². The Hall–Kier alpha value is -1.27. The molecule has 0 radical (unpaired) electrons. The fourth-order valence-corrected chi connectivity index (χ4v) is 4.66. The first kappa shape index (κ1) is 28.7. The van der Waals surface area contributed by atoms with Crippen LogP contribution >= 0.6 is 21.0 Å². The standard InChI is InChI=1S/C21H39N2O5PS/c1-7-10-16(15-20(4,18(25)27-6)21(5,29)9-3)30-14-12-23-19(26)22-11-13-28-17(24)8-2/h8,16H,2,7,9-15,29H2,1,3-6H3,(H2,22,23,26). The molecule has 4 unspecified atom stereocenters. The molecule has 0 aliphatic heterocycles. The third kappa shape index (κ3) is 9.69. The van der Waals surface area contributed by atoms with Gasteiger partial charge < -0.3 is 20.1 Å². The second kappa shape index (κ2) is 14.7. The lowest BCUT2D eigenvalue weighted by Crippen LogP contribution is -2.47. The number of esters is 2. The minimum Gasteiger partial charge on any atom is -0.469 e. The van der Waals surface area contributed by atoms with Crippen LogP contribution in [-0.2, 0) is 19.1 Å². The van der Waals surface area contributed by atoms with Crippen LogP contribution in [0.2, 0.25) is 0 Å². The Kier molecular flexibility index (Phi) is 14.1. The van der Waals surface area contributed by atoms with E-state index < -0.39 is 11.4 Å². The first-order valence-electron chi connectivity index (χ1n) is 10.4. The van der Waals surface area contributed by atoms with Crippen molar-refractivity contribution in [2.45, 2.75) is 63.8 Å². The van der Waals surface area contributed by atoms with E-state index in [2.05, 4.69) is 47.2 Å². The van der Waals surface area contributed by atoms with Crippen LogP contribution in [0.15, 0.2) is 12.7 Å². The first-order chi connectivity index (χ1) is 14.1. The predicted octanol–water partition coefficient (Wildman–Crippen LogP) is 3.53. The molecule has 0 aliphatic rings. The lowest BCUT2D eigenvalue weighted by atomic mass is 9.72. The zero-order chi connectivity index (χ0) is 23.2. The number of nitrogens with one attached hydrogen (secondary N) is 2. The fourth-order valence-electron chi connectivity index (χ4n) is 3.01. The first-order valence-corrected chi connectivity index (χ1v) is 12.0. The molecule has 2 amide bonds. The maximum absolute atomic E-state index is 12.6. The molecule has 0 bridgehead atoms. The number of carbonyl (C=O) groups is 3. The van der Waals surface area contributed by atoms with E-state index in [4.69, 9.17) is 9.47 Å². The van der Waals surface area contributed by atoms with E-state index in [0.717, 1.165) is 31.1 Å². The van der Waals surface area contributed by atoms with Crippen LogP contribution in [-0.4, -0.2) is 60.9 Å². The number of thioether (sulfide) groups is 1. The summed E-state index contributed by atoms with van der Waals surface area (Å²) >= 11 is 1.76. The Labute approximate surface area is 188 Å². The van der Waals surface area contributed by atoms with E-state index >= 15 is 0 Å². The number of carbonyl (C=O) groups excluding carboxylic acids is 3. The third-order valence-corrected chi connectivity index (χ3v) is 7.78. The highest BCUT2D eigenvalue weighted by Crippen LogP contribution is 2.47. The topological polar surface area (TPSA) is 93.7 Å². The highest BCUT2D eigenvalue weighted by atomic mass is 32.2. The van der Waals surface area contributed by atoms with Crippen LogP contribution in [0, 0.1) is 5.41 Å². The Bertz CT molecular complexity index is 574. The molecule has 0 aromatic heterocycles. The summed E-state index contributed by atoms with van der Waals surface area (Å²) in [4.78, 5) is 35.4. The lowest BCUT2D eigenvalue weighted by Gasteiger charge is -2.43. The number of hydrogen-bond acceptors (Lipinski definition) is 6. The highest BCUT2D eigenvalue weighted by Gasteiger charge is 2.48. The monoisotopic (exact) mass is 462 g/mol. The molecule has 174 valence electrons. The average molecular weight is 463 g/mol. The van der Waals surface area contributed by atoms with Crippen LogP contribution in [0.1, 0.15) is 53.4 Å². The molecule has 9 heteroatoms. The second-order valence-corrected chi connectivity index (χ2v) is 10.3. The van der Waals surface area contributed by atoms with Gasteiger partial charge in [0.2, 0.25) is 0 Å². The number of methoxy groups -OCH3 is 1. The van der Waals surface area contributed by atoms with E-state index in [9.17, 15) is 14.4 Å². The molecular weight excluding hydrogens is 423 g/mol. The van der Waals surface area contributed by atoms with Crippen LogP contribution in [0.25, 0.3) is 0 Å². The van der Waals surface area contributed by atoms with Crippen molar-refractivity contribution in [3.05, 3.63) is 12.7 Å². The molecule has 2 N–H and O–H groups in total. The lowest BCUT2D eigenvalue weighted by molar-refractivity contribution is -0.154. The predicted molar refractivity (Wildman–Crippen MR) is 127 cm³/mol. The van der Waals surface area contributed by atoms with E-state index in [1.54, 1.807) is 11.8 Å². The highest BCUT2D eigenvalue weighted by molar-refractivity contribution is 7.99. The second-order valence-electron chi connectivity index (χ2n) is 7.63. The minimum atomic E-state index is -0.609. The van der Waals surface area contributed by atoms with Crippen molar-refractivity contribution in [3.63, 3.8) is 0 Å². The summed E-state index contributed by atoms with van der Waals surface area (Å²) in [6.07, 6.45) is 4.65. The minimum absolute atomic E-state index is 0.100. The fraction of sp³-hybridized carbons (Fsp3) is 0.762. The Balaban J connectivity index is 4.58. The summed E-state index contributed by atoms with van der Waals surface area (Å²) in [5, 5.41) is 5.44. The summed E-state index contributed by atoms with van der Waals surface area (Å²) in [7, 11) is 4.29. The average Bonchev–Trinajstić information content (AvgIpc) is 2.72. The van der Waals surface area contributed by atoms with Gasteiger partial charge in [0.25, 0.3) is 0 Å². The maximum atomic E-state index is 12.6. The van der Waals surface area contributed by atoms with Crippen LogP contribution in [0.5, 0.6) is 0 Å². The van der Waals surface area contributed by atoms with E-state index in [-0.39, 0.29) is 35.6 Å². The van der Waals surface area contributed by atoms with Crippen molar-refractivity contribution in [1.29, 1.82) is 0 Å². The number of urea groups is 1. The summed E-state index contributed by atoms with van der Waals surface area (Å²) in [6.45, 7) is 12.4. The summed E-state index contributed by atoms with van der Waals surface area (Å²) in [5.41, 5.74) is -0.609. The molecule has 0 aromatic rings. The zero-order valence-electron chi connectivity index (χ0n) is 19.0. The van der Waals surface area contributed by atoms with Gasteiger partial charge in [0.1, 0.15) is 6.61 Å². The van der Waals surface area contributed by atoms with E-state index in [1.165, 1.54) is 7.11 Å². The van der Waals surface area contributed by atoms with Gasteiger partial charge in [-0.2, -0.15) is 11.8 Å². The number of ether oxygens (including phenoxy) is 2. The molecule has 0 fully saturated rings. The summed E-state index contributed by atoms with van der Waals surface area (Å²) < 4.78 is 9.94. The van der Waals surface area contributed by atoms with Gasteiger partial charge in [-0.3, -0.25) is 4.79 Å². The molecule has 30 heavy (non-hydrogen) atoms. The van der Waals surface area contributed by atoms with Gasteiger partial charge in [-0.1, -0.05) is 33.8 Å². The smallest absolute Gasteiger partial charge is 0.330 e. The Morgan fingerprint density at radius 1 is 1.20 bits per heavy atom.